The number of likely N-dealkylation sites (N-methyl/N-ethyl adjacent to an activating group) is 1. The van der Waals surface area contributed by atoms with Crippen LogP contribution in [0.1, 0.15) is 31.2 Å². The number of benzene rings is 1. The molecule has 0 saturated carbocycles. The van der Waals surface area contributed by atoms with Crippen LogP contribution in [-0.2, 0) is 19.6 Å². The molecule has 2 fully saturated rings. The molecular formula is C17H22FN3O5S. The highest BCUT2D eigenvalue weighted by atomic mass is 32.2. The molecule has 1 N–H and O–H groups in total. The molecule has 148 valence electrons. The Hall–Kier alpha value is -2.20. The van der Waals surface area contributed by atoms with Crippen molar-refractivity contribution in [1.82, 2.24) is 9.62 Å². The summed E-state index contributed by atoms with van der Waals surface area (Å²) in [5.74, 6) is -0.978. The van der Waals surface area contributed by atoms with Gasteiger partial charge < -0.3 is 9.64 Å². The van der Waals surface area contributed by atoms with Crippen LogP contribution >= 0.6 is 0 Å². The number of sulfonamides is 1. The van der Waals surface area contributed by atoms with Gasteiger partial charge in [-0.1, -0.05) is 6.07 Å². The lowest BCUT2D eigenvalue weighted by atomic mass is 9.94. The Morgan fingerprint density at radius 2 is 2.15 bits per heavy atom. The molecule has 0 spiro atoms. The number of halogens is 1. The Labute approximate surface area is 157 Å². The van der Waals surface area contributed by atoms with Crippen molar-refractivity contribution in [3.8, 4) is 0 Å². The van der Waals surface area contributed by atoms with Crippen LogP contribution in [0.3, 0.4) is 0 Å². The molecule has 0 aliphatic carbocycles. The summed E-state index contributed by atoms with van der Waals surface area (Å²) in [5, 5.41) is 0. The van der Waals surface area contributed by atoms with Crippen LogP contribution in [0.2, 0.25) is 0 Å². The average molecular weight is 399 g/mol. The summed E-state index contributed by atoms with van der Waals surface area (Å²) in [5.41, 5.74) is 0.739. The number of rotatable bonds is 3. The topological polar surface area (TPSA) is 96.0 Å². The lowest BCUT2D eigenvalue weighted by Gasteiger charge is -2.21. The maximum absolute atomic E-state index is 14.7. The Bertz CT molecular complexity index is 860. The van der Waals surface area contributed by atoms with Gasteiger partial charge in [-0.2, -0.15) is 0 Å². The van der Waals surface area contributed by atoms with Gasteiger partial charge in [-0.05, 0) is 30.5 Å². The van der Waals surface area contributed by atoms with Crippen molar-refractivity contribution in [3.05, 3.63) is 29.6 Å². The highest BCUT2D eigenvalue weighted by molar-refractivity contribution is 7.89. The van der Waals surface area contributed by atoms with E-state index in [1.54, 1.807) is 12.1 Å². The molecule has 2 aliphatic heterocycles. The molecule has 0 aromatic heterocycles. The molecule has 10 heteroatoms. The first-order valence-electron chi connectivity index (χ1n) is 8.66. The lowest BCUT2D eigenvalue weighted by Crippen LogP contribution is -2.38. The maximum Gasteiger partial charge on any atom is 0.416 e. The van der Waals surface area contributed by atoms with E-state index in [0.717, 1.165) is 0 Å². The number of nitrogens with one attached hydrogen (secondary N) is 1. The number of carbonyl (C=O) groups excluding carboxylic acids is 2. The van der Waals surface area contributed by atoms with Crippen LogP contribution < -0.4 is 9.62 Å². The van der Waals surface area contributed by atoms with E-state index in [1.807, 2.05) is 0 Å². The van der Waals surface area contributed by atoms with Crippen molar-refractivity contribution >= 4 is 27.7 Å². The van der Waals surface area contributed by atoms with E-state index in [-0.39, 0.29) is 30.7 Å². The molecule has 2 heterocycles. The van der Waals surface area contributed by atoms with Gasteiger partial charge in [0.15, 0.2) is 6.23 Å². The molecule has 2 aliphatic rings. The van der Waals surface area contributed by atoms with Crippen LogP contribution in [0.25, 0.3) is 0 Å². The lowest BCUT2D eigenvalue weighted by molar-refractivity contribution is -0.134. The first kappa shape index (κ1) is 19.6. The zero-order valence-electron chi connectivity index (χ0n) is 15.1. The van der Waals surface area contributed by atoms with Crippen molar-refractivity contribution in [2.24, 2.45) is 0 Å². The molecular weight excluding hydrogens is 377 g/mol. The quantitative estimate of drug-likeness (QED) is 0.829. The fraction of sp³-hybridized carbons (Fsp3) is 0.529. The molecule has 8 nitrogen and oxygen atoms in total. The molecule has 1 aromatic carbocycles. The number of hydrogen-bond donors (Lipinski definition) is 1. The SMILES string of the molecule is CC(=O)N(C)C1CN(c2ccc(C3CCCS(=O)(=O)NC3)c(F)c2)C(=O)O1. The van der Waals surface area contributed by atoms with Gasteiger partial charge >= 0.3 is 6.09 Å². The van der Waals surface area contributed by atoms with Crippen LogP contribution in [0.4, 0.5) is 14.9 Å². The molecule has 2 amide bonds. The van der Waals surface area contributed by atoms with E-state index in [1.165, 1.54) is 29.8 Å². The van der Waals surface area contributed by atoms with E-state index in [0.29, 0.717) is 24.1 Å². The van der Waals surface area contributed by atoms with E-state index >= 15 is 0 Å². The third kappa shape index (κ3) is 4.22. The van der Waals surface area contributed by atoms with Gasteiger partial charge in [0.25, 0.3) is 0 Å². The zero-order chi connectivity index (χ0) is 19.8. The van der Waals surface area contributed by atoms with Crippen molar-refractivity contribution in [1.29, 1.82) is 0 Å². The summed E-state index contributed by atoms with van der Waals surface area (Å²) in [4.78, 5) is 26.1. The summed E-state index contributed by atoms with van der Waals surface area (Å²) >= 11 is 0. The van der Waals surface area contributed by atoms with Crippen LogP contribution in [0, 0.1) is 5.82 Å². The van der Waals surface area contributed by atoms with Gasteiger partial charge in [0.05, 0.1) is 18.0 Å². The number of hydrogen-bond acceptors (Lipinski definition) is 5. The second-order valence-corrected chi connectivity index (χ2v) is 8.72. The number of cyclic esters (lactones) is 1. The van der Waals surface area contributed by atoms with Gasteiger partial charge in [-0.25, -0.2) is 22.3 Å². The Balaban J connectivity index is 1.77. The Morgan fingerprint density at radius 3 is 2.81 bits per heavy atom. The zero-order valence-corrected chi connectivity index (χ0v) is 16.0. The molecule has 1 aromatic rings. The molecule has 2 saturated heterocycles. The fourth-order valence-corrected chi connectivity index (χ4v) is 4.41. The third-order valence-corrected chi connectivity index (χ3v) is 6.41. The summed E-state index contributed by atoms with van der Waals surface area (Å²) in [6.07, 6.45) is -0.366. The van der Waals surface area contributed by atoms with Gasteiger partial charge in [0, 0.05) is 26.4 Å². The minimum absolute atomic E-state index is 0.0356. The maximum atomic E-state index is 14.7. The van der Waals surface area contributed by atoms with Crippen molar-refractivity contribution in [2.45, 2.75) is 31.9 Å². The first-order chi connectivity index (χ1) is 12.7. The Morgan fingerprint density at radius 1 is 1.41 bits per heavy atom. The van der Waals surface area contributed by atoms with Crippen LogP contribution in [0.5, 0.6) is 0 Å². The number of amides is 2. The molecule has 2 unspecified atom stereocenters. The Kier molecular flexibility index (Phi) is 5.38. The van der Waals surface area contributed by atoms with Gasteiger partial charge in [0.1, 0.15) is 5.82 Å². The number of nitrogens with zero attached hydrogens (tertiary/aromatic N) is 2. The molecule has 27 heavy (non-hydrogen) atoms. The fourth-order valence-electron chi connectivity index (χ4n) is 3.27. The molecule has 3 rings (SSSR count). The molecule has 0 radical (unpaired) electrons. The second-order valence-electron chi connectivity index (χ2n) is 6.79. The summed E-state index contributed by atoms with van der Waals surface area (Å²) in [7, 11) is -1.77. The van der Waals surface area contributed by atoms with Gasteiger partial charge in [-0.3, -0.25) is 9.69 Å². The van der Waals surface area contributed by atoms with Crippen LogP contribution in [-0.4, -0.2) is 57.4 Å². The highest BCUT2D eigenvalue weighted by Crippen LogP contribution is 2.30. The van der Waals surface area contributed by atoms with Gasteiger partial charge in [0.2, 0.25) is 15.9 Å². The normalized spacial score (nSPS) is 25.0. The van der Waals surface area contributed by atoms with Crippen molar-refractivity contribution < 1.29 is 27.1 Å². The predicted octanol–water partition coefficient (Wildman–Crippen LogP) is 1.38. The van der Waals surface area contributed by atoms with Gasteiger partial charge in [-0.15, -0.1) is 0 Å². The number of ether oxygens (including phenoxy) is 1. The molecule has 2 atom stereocenters. The summed E-state index contributed by atoms with van der Waals surface area (Å²) in [6.45, 7) is 1.62. The highest BCUT2D eigenvalue weighted by Gasteiger charge is 2.36. The second kappa shape index (κ2) is 7.43. The number of anilines is 1. The third-order valence-electron chi connectivity index (χ3n) is 4.98. The monoisotopic (exact) mass is 399 g/mol. The largest absolute Gasteiger partial charge is 0.423 e. The van der Waals surface area contributed by atoms with E-state index in [4.69, 9.17) is 4.74 Å². The predicted molar refractivity (Wildman–Crippen MR) is 96.2 cm³/mol. The van der Waals surface area contributed by atoms with Crippen LogP contribution in [0.15, 0.2) is 18.2 Å². The van der Waals surface area contributed by atoms with E-state index in [9.17, 15) is 22.4 Å². The van der Waals surface area contributed by atoms with Crippen molar-refractivity contribution in [3.63, 3.8) is 0 Å². The summed E-state index contributed by atoms with van der Waals surface area (Å²) in [6, 6.07) is 4.42. The minimum Gasteiger partial charge on any atom is -0.423 e. The van der Waals surface area contributed by atoms with E-state index < -0.39 is 28.2 Å². The smallest absolute Gasteiger partial charge is 0.416 e. The minimum atomic E-state index is -3.30. The van der Waals surface area contributed by atoms with Crippen molar-refractivity contribution in [2.75, 3.05) is 30.8 Å². The molecule has 0 bridgehead atoms. The standard InChI is InChI=1S/C17H22FN3O5S/c1-11(22)20(2)16-10-21(17(23)26-16)13-5-6-14(15(18)8-13)12-4-3-7-27(24,25)19-9-12/h5-6,8,12,16,19H,3-4,7,9-10H2,1-2H3. The number of carbonyl (C=O) groups is 2. The summed E-state index contributed by atoms with van der Waals surface area (Å²) < 4.78 is 45.6. The average Bonchev–Trinajstić information content (AvgIpc) is 2.89. The first-order valence-corrected chi connectivity index (χ1v) is 10.3. The van der Waals surface area contributed by atoms with E-state index in [2.05, 4.69) is 4.72 Å².